The minimum Gasteiger partial charge on any atom is -0.425 e. The van der Waals surface area contributed by atoms with E-state index in [-0.39, 0.29) is 0 Å². The summed E-state index contributed by atoms with van der Waals surface area (Å²) in [5.74, 6) is 0.0248. The maximum atomic E-state index is 11.6. The van der Waals surface area contributed by atoms with Crippen molar-refractivity contribution in [3.63, 3.8) is 0 Å². The quantitative estimate of drug-likeness (QED) is 0.467. The van der Waals surface area contributed by atoms with Gasteiger partial charge in [-0.2, -0.15) is 12.6 Å². The van der Waals surface area contributed by atoms with Crippen LogP contribution in [-0.4, -0.2) is 16.8 Å². The predicted octanol–water partition coefficient (Wildman–Crippen LogP) is 1.63. The number of para-hydroxylation sites is 1. The van der Waals surface area contributed by atoms with Crippen LogP contribution in [0.3, 0.4) is 0 Å². The smallest absolute Gasteiger partial charge is 0.329 e. The molecular weight excluding hydrogens is 210 g/mol. The molecule has 0 aromatic heterocycles. The van der Waals surface area contributed by atoms with Crippen LogP contribution in [0.5, 0.6) is 5.75 Å². The van der Waals surface area contributed by atoms with Gasteiger partial charge in [0.15, 0.2) is 0 Å². The van der Waals surface area contributed by atoms with Gasteiger partial charge in [0.2, 0.25) is 0 Å². The average Bonchev–Trinajstić information content (AvgIpc) is 2.16. The minimum absolute atomic E-state index is 0.471. The lowest BCUT2D eigenvalue weighted by atomic mass is 10.0. The minimum atomic E-state index is -0.749. The number of rotatable bonds is 3. The summed E-state index contributed by atoms with van der Waals surface area (Å²) in [6.45, 7) is 3.54. The molecule has 0 bridgehead atoms. The topological polar surface area (TPSA) is 52.3 Å². The number of benzene rings is 1. The van der Waals surface area contributed by atoms with Crippen molar-refractivity contribution in [2.45, 2.75) is 24.6 Å². The Morgan fingerprint density at radius 3 is 2.40 bits per heavy atom. The number of ether oxygens (including phenoxy) is 1. The van der Waals surface area contributed by atoms with E-state index in [1.54, 1.807) is 38.1 Å². The summed E-state index contributed by atoms with van der Waals surface area (Å²) in [7, 11) is 0. The van der Waals surface area contributed by atoms with E-state index in [4.69, 9.17) is 10.5 Å². The van der Waals surface area contributed by atoms with E-state index >= 15 is 0 Å². The molecule has 1 atom stereocenters. The Balaban J connectivity index is 2.65. The zero-order valence-corrected chi connectivity index (χ0v) is 9.70. The maximum Gasteiger partial charge on any atom is 0.329 e. The summed E-state index contributed by atoms with van der Waals surface area (Å²) in [5, 5.41) is 0. The molecule has 0 heterocycles. The molecule has 1 aromatic rings. The van der Waals surface area contributed by atoms with Gasteiger partial charge in [0.05, 0.1) is 0 Å². The van der Waals surface area contributed by atoms with Crippen molar-refractivity contribution < 1.29 is 9.53 Å². The van der Waals surface area contributed by atoms with Crippen molar-refractivity contribution in [3.8, 4) is 5.75 Å². The molecule has 0 unspecified atom stereocenters. The van der Waals surface area contributed by atoms with Gasteiger partial charge in [-0.15, -0.1) is 0 Å². The van der Waals surface area contributed by atoms with Gasteiger partial charge in [-0.25, -0.2) is 4.79 Å². The first-order chi connectivity index (χ1) is 6.91. The third kappa shape index (κ3) is 3.57. The molecule has 0 aliphatic carbocycles. The number of carbonyl (C=O) groups excluding carboxylic acids is 1. The highest BCUT2D eigenvalue weighted by Crippen LogP contribution is 2.18. The lowest BCUT2D eigenvalue weighted by Crippen LogP contribution is -2.47. The number of hydrogen-bond donors (Lipinski definition) is 2. The molecule has 0 amide bonds. The Hall–Kier alpha value is -1.00. The fourth-order valence-electron chi connectivity index (χ4n) is 0.957. The van der Waals surface area contributed by atoms with Gasteiger partial charge >= 0.3 is 5.97 Å². The molecule has 1 aromatic carbocycles. The summed E-state index contributed by atoms with van der Waals surface area (Å²) in [4.78, 5) is 11.6. The lowest BCUT2D eigenvalue weighted by Gasteiger charge is -2.23. The van der Waals surface area contributed by atoms with Crippen molar-refractivity contribution in [1.82, 2.24) is 0 Å². The van der Waals surface area contributed by atoms with E-state index in [0.29, 0.717) is 5.75 Å². The molecule has 15 heavy (non-hydrogen) atoms. The first-order valence-corrected chi connectivity index (χ1v) is 5.10. The van der Waals surface area contributed by atoms with Crippen LogP contribution in [0, 0.1) is 0 Å². The zero-order chi connectivity index (χ0) is 11.5. The fraction of sp³-hybridized carbons (Fsp3) is 0.364. The second-order valence-electron chi connectivity index (χ2n) is 3.87. The molecular formula is C11H15NO2S. The van der Waals surface area contributed by atoms with E-state index in [1.807, 2.05) is 6.07 Å². The molecule has 0 saturated heterocycles. The van der Waals surface area contributed by atoms with Gasteiger partial charge in [0.1, 0.15) is 11.8 Å². The van der Waals surface area contributed by atoms with Crippen molar-refractivity contribution >= 4 is 18.6 Å². The maximum absolute atomic E-state index is 11.6. The van der Waals surface area contributed by atoms with Crippen molar-refractivity contribution in [2.24, 2.45) is 5.73 Å². The van der Waals surface area contributed by atoms with E-state index in [0.717, 1.165) is 0 Å². The van der Waals surface area contributed by atoms with Gasteiger partial charge in [-0.05, 0) is 26.0 Å². The molecule has 0 spiro atoms. The van der Waals surface area contributed by atoms with Gasteiger partial charge in [0.25, 0.3) is 0 Å². The standard InChI is InChI=1S/C11H15NO2S/c1-11(2,15)9(12)10(13)14-8-6-4-3-5-7-8/h3-7,9,15H,12H2,1-2H3/t9-/m0/s1. The molecule has 0 saturated carbocycles. The van der Waals surface area contributed by atoms with Crippen LogP contribution in [0.1, 0.15) is 13.8 Å². The summed E-state index contributed by atoms with van der Waals surface area (Å²) < 4.78 is 4.50. The second kappa shape index (κ2) is 4.68. The van der Waals surface area contributed by atoms with E-state index in [1.165, 1.54) is 0 Å². The fourth-order valence-corrected chi connectivity index (χ4v) is 1.06. The molecule has 4 heteroatoms. The molecule has 0 aliphatic rings. The largest absolute Gasteiger partial charge is 0.425 e. The Bertz CT molecular complexity index is 332. The number of thiol groups is 1. The Morgan fingerprint density at radius 2 is 1.93 bits per heavy atom. The SMILES string of the molecule is CC(C)(S)[C@@H](N)C(=O)Oc1ccccc1. The van der Waals surface area contributed by atoms with Crippen LogP contribution in [0.2, 0.25) is 0 Å². The lowest BCUT2D eigenvalue weighted by molar-refractivity contribution is -0.136. The molecule has 82 valence electrons. The summed E-state index contributed by atoms with van der Waals surface area (Å²) >= 11 is 4.23. The molecule has 0 fully saturated rings. The molecule has 3 nitrogen and oxygen atoms in total. The highest BCUT2D eigenvalue weighted by molar-refractivity contribution is 7.81. The number of carbonyl (C=O) groups is 1. The normalized spacial score (nSPS) is 13.3. The van der Waals surface area contributed by atoms with E-state index in [9.17, 15) is 4.79 Å². The summed E-state index contributed by atoms with van der Waals surface area (Å²) in [6, 6.07) is 8.09. The summed E-state index contributed by atoms with van der Waals surface area (Å²) in [5.41, 5.74) is 5.69. The molecule has 0 radical (unpaired) electrons. The zero-order valence-electron chi connectivity index (χ0n) is 8.81. The van der Waals surface area contributed by atoms with Crippen molar-refractivity contribution in [1.29, 1.82) is 0 Å². The third-order valence-corrected chi connectivity index (χ3v) is 2.25. The van der Waals surface area contributed by atoms with E-state index in [2.05, 4.69) is 12.6 Å². The Labute approximate surface area is 95.0 Å². The highest BCUT2D eigenvalue weighted by atomic mass is 32.1. The predicted molar refractivity (Wildman–Crippen MR) is 63.1 cm³/mol. The van der Waals surface area contributed by atoms with Gasteiger partial charge in [-0.1, -0.05) is 18.2 Å². The van der Waals surface area contributed by atoms with Gasteiger partial charge < -0.3 is 10.5 Å². The van der Waals surface area contributed by atoms with Crippen LogP contribution in [0.4, 0.5) is 0 Å². The molecule has 2 N–H and O–H groups in total. The first-order valence-electron chi connectivity index (χ1n) is 4.66. The first kappa shape index (κ1) is 12.1. The molecule has 1 rings (SSSR count). The number of nitrogens with two attached hydrogens (primary N) is 1. The summed E-state index contributed by atoms with van der Waals surface area (Å²) in [6.07, 6.45) is 0. The average molecular weight is 225 g/mol. The number of esters is 1. The van der Waals surface area contributed by atoms with Crippen molar-refractivity contribution in [2.75, 3.05) is 0 Å². The van der Waals surface area contributed by atoms with Crippen LogP contribution in [0.25, 0.3) is 0 Å². The second-order valence-corrected chi connectivity index (χ2v) is 5.02. The molecule has 0 aliphatic heterocycles. The van der Waals surface area contributed by atoms with Gasteiger partial charge in [-0.3, -0.25) is 0 Å². The van der Waals surface area contributed by atoms with Crippen molar-refractivity contribution in [3.05, 3.63) is 30.3 Å². The van der Waals surface area contributed by atoms with Crippen LogP contribution >= 0.6 is 12.6 Å². The van der Waals surface area contributed by atoms with Crippen LogP contribution < -0.4 is 10.5 Å². The van der Waals surface area contributed by atoms with Crippen LogP contribution in [-0.2, 0) is 4.79 Å². The number of hydrogen-bond acceptors (Lipinski definition) is 4. The van der Waals surface area contributed by atoms with Crippen LogP contribution in [0.15, 0.2) is 30.3 Å². The monoisotopic (exact) mass is 225 g/mol. The third-order valence-electron chi connectivity index (χ3n) is 1.98. The van der Waals surface area contributed by atoms with E-state index < -0.39 is 16.8 Å². The Kier molecular flexibility index (Phi) is 3.77. The Morgan fingerprint density at radius 1 is 1.40 bits per heavy atom. The highest BCUT2D eigenvalue weighted by Gasteiger charge is 2.30. The van der Waals surface area contributed by atoms with Gasteiger partial charge in [0, 0.05) is 4.75 Å².